The Morgan fingerprint density at radius 1 is 1.37 bits per heavy atom. The number of aryl methyl sites for hydroxylation is 1. The maximum absolute atomic E-state index is 11.3. The minimum atomic E-state index is -0.728. The maximum Gasteiger partial charge on any atom is 0.326 e. The summed E-state index contributed by atoms with van der Waals surface area (Å²) in [5.41, 5.74) is 1.11. The van der Waals surface area contributed by atoms with Gasteiger partial charge in [0.25, 0.3) is 0 Å². The summed E-state index contributed by atoms with van der Waals surface area (Å²) in [6, 6.07) is -0.406. The zero-order chi connectivity index (χ0) is 13.4. The molecule has 1 aromatic rings. The van der Waals surface area contributed by atoms with Crippen molar-refractivity contribution < 1.29 is 9.90 Å². The van der Waals surface area contributed by atoms with Crippen LogP contribution in [0.5, 0.6) is 0 Å². The first kappa shape index (κ1) is 12.7. The third kappa shape index (κ3) is 2.39. The highest BCUT2D eigenvalue weighted by Gasteiger charge is 2.29. The molecule has 0 radical (unpaired) electrons. The summed E-state index contributed by atoms with van der Waals surface area (Å²) in [5, 5.41) is 9.28. The van der Waals surface area contributed by atoms with Gasteiger partial charge in [-0.05, 0) is 45.8 Å². The van der Waals surface area contributed by atoms with Gasteiger partial charge in [-0.2, -0.15) is 0 Å². The smallest absolute Gasteiger partial charge is 0.326 e. The van der Waals surface area contributed by atoms with Gasteiger partial charge < -0.3 is 14.6 Å². The molecular formula is C14H21N3O2. The predicted molar refractivity (Wildman–Crippen MR) is 71.3 cm³/mol. The van der Waals surface area contributed by atoms with Gasteiger partial charge in [-0.25, -0.2) is 9.78 Å². The molecule has 5 heteroatoms. The minimum absolute atomic E-state index is 0.406. The standard InChI is InChI=1S/C14H21N3O2/c1-16-7-5-10(6-8-16)11-9-17-12(14(18)19)3-2-4-13(17)15-11/h9-10,12H,2-8H2,1H3,(H,18,19). The number of fused-ring (bicyclic) bond motifs is 1. The number of piperidine rings is 1. The lowest BCUT2D eigenvalue weighted by molar-refractivity contribution is -0.141. The molecule has 1 saturated heterocycles. The van der Waals surface area contributed by atoms with Crippen LogP contribution in [0.2, 0.25) is 0 Å². The summed E-state index contributed by atoms with van der Waals surface area (Å²) in [4.78, 5) is 18.3. The fourth-order valence-electron chi connectivity index (χ4n) is 3.24. The maximum atomic E-state index is 11.3. The Morgan fingerprint density at radius 2 is 2.11 bits per heavy atom. The number of nitrogens with zero attached hydrogens (tertiary/aromatic N) is 3. The number of likely N-dealkylation sites (tertiary alicyclic amines) is 1. The Balaban J connectivity index is 1.83. The largest absolute Gasteiger partial charge is 0.480 e. The molecule has 0 bridgehead atoms. The quantitative estimate of drug-likeness (QED) is 0.881. The van der Waals surface area contributed by atoms with Gasteiger partial charge >= 0.3 is 5.97 Å². The molecule has 3 heterocycles. The first-order valence-electron chi connectivity index (χ1n) is 7.14. The van der Waals surface area contributed by atoms with Crippen molar-refractivity contribution in [3.8, 4) is 0 Å². The van der Waals surface area contributed by atoms with Gasteiger partial charge in [0.15, 0.2) is 0 Å². The molecule has 1 unspecified atom stereocenters. The van der Waals surface area contributed by atoms with Crippen molar-refractivity contribution in [1.82, 2.24) is 14.5 Å². The van der Waals surface area contributed by atoms with Gasteiger partial charge in [-0.1, -0.05) is 0 Å². The molecule has 2 aliphatic heterocycles. The predicted octanol–water partition coefficient (Wildman–Crippen LogP) is 1.65. The van der Waals surface area contributed by atoms with Crippen LogP contribution in [0.1, 0.15) is 49.2 Å². The van der Waals surface area contributed by atoms with E-state index < -0.39 is 12.0 Å². The molecule has 19 heavy (non-hydrogen) atoms. The lowest BCUT2D eigenvalue weighted by Gasteiger charge is -2.27. The average Bonchev–Trinajstić information content (AvgIpc) is 2.82. The molecule has 3 rings (SSSR count). The Hall–Kier alpha value is -1.36. The number of rotatable bonds is 2. The van der Waals surface area contributed by atoms with E-state index >= 15 is 0 Å². The molecule has 1 atom stereocenters. The van der Waals surface area contributed by atoms with Crippen LogP contribution in [-0.2, 0) is 11.2 Å². The molecule has 0 saturated carbocycles. The molecule has 1 N–H and O–H groups in total. The zero-order valence-electron chi connectivity index (χ0n) is 11.4. The Labute approximate surface area is 113 Å². The number of hydrogen-bond donors (Lipinski definition) is 1. The normalized spacial score (nSPS) is 25.2. The highest BCUT2D eigenvalue weighted by atomic mass is 16.4. The van der Waals surface area contributed by atoms with E-state index in [1.165, 1.54) is 0 Å². The number of aliphatic carboxylic acids is 1. The summed E-state index contributed by atoms with van der Waals surface area (Å²) >= 11 is 0. The summed E-state index contributed by atoms with van der Waals surface area (Å²) in [5.74, 6) is 0.740. The molecule has 2 aliphatic rings. The van der Waals surface area contributed by atoms with E-state index in [-0.39, 0.29) is 0 Å². The summed E-state index contributed by atoms with van der Waals surface area (Å²) in [6.45, 7) is 2.21. The van der Waals surface area contributed by atoms with E-state index in [9.17, 15) is 9.90 Å². The molecule has 0 spiro atoms. The monoisotopic (exact) mass is 263 g/mol. The van der Waals surface area contributed by atoms with Crippen LogP contribution in [0.3, 0.4) is 0 Å². The van der Waals surface area contributed by atoms with E-state index in [2.05, 4.69) is 11.9 Å². The summed E-state index contributed by atoms with van der Waals surface area (Å²) in [6.07, 6.45) is 6.83. The fraction of sp³-hybridized carbons (Fsp3) is 0.714. The van der Waals surface area contributed by atoms with E-state index in [1.807, 2.05) is 10.8 Å². The van der Waals surface area contributed by atoms with Crippen molar-refractivity contribution in [1.29, 1.82) is 0 Å². The van der Waals surface area contributed by atoms with Crippen molar-refractivity contribution in [2.24, 2.45) is 0 Å². The molecule has 104 valence electrons. The molecule has 0 aliphatic carbocycles. The number of imidazole rings is 1. The van der Waals surface area contributed by atoms with Crippen LogP contribution in [0.15, 0.2) is 6.20 Å². The van der Waals surface area contributed by atoms with Crippen molar-refractivity contribution in [2.75, 3.05) is 20.1 Å². The summed E-state index contributed by atoms with van der Waals surface area (Å²) < 4.78 is 1.90. The lowest BCUT2D eigenvalue weighted by Crippen LogP contribution is -2.29. The number of carboxylic acid groups (broad SMARTS) is 1. The van der Waals surface area contributed by atoms with Gasteiger partial charge in [-0.15, -0.1) is 0 Å². The van der Waals surface area contributed by atoms with Gasteiger partial charge in [0.1, 0.15) is 11.9 Å². The van der Waals surface area contributed by atoms with Crippen molar-refractivity contribution in [3.63, 3.8) is 0 Å². The second-order valence-electron chi connectivity index (χ2n) is 5.81. The number of aromatic nitrogens is 2. The Kier molecular flexibility index (Phi) is 3.31. The fourth-order valence-corrected chi connectivity index (χ4v) is 3.24. The second kappa shape index (κ2) is 4.96. The average molecular weight is 263 g/mol. The van der Waals surface area contributed by atoms with Crippen LogP contribution in [0, 0.1) is 0 Å². The molecule has 1 aromatic heterocycles. The molecule has 5 nitrogen and oxygen atoms in total. The first-order chi connectivity index (χ1) is 9.15. The van der Waals surface area contributed by atoms with Crippen LogP contribution in [-0.4, -0.2) is 45.7 Å². The van der Waals surface area contributed by atoms with Crippen molar-refractivity contribution in [3.05, 3.63) is 17.7 Å². The minimum Gasteiger partial charge on any atom is -0.480 e. The van der Waals surface area contributed by atoms with Gasteiger partial charge in [0.05, 0.1) is 5.69 Å². The van der Waals surface area contributed by atoms with Crippen LogP contribution >= 0.6 is 0 Å². The topological polar surface area (TPSA) is 58.4 Å². The van der Waals surface area contributed by atoms with E-state index in [1.54, 1.807) is 0 Å². The Morgan fingerprint density at radius 3 is 2.79 bits per heavy atom. The van der Waals surface area contributed by atoms with Crippen LogP contribution in [0.4, 0.5) is 0 Å². The second-order valence-corrected chi connectivity index (χ2v) is 5.81. The molecular weight excluding hydrogens is 242 g/mol. The van der Waals surface area contributed by atoms with E-state index in [0.29, 0.717) is 5.92 Å². The van der Waals surface area contributed by atoms with E-state index in [0.717, 1.165) is 56.7 Å². The van der Waals surface area contributed by atoms with E-state index in [4.69, 9.17) is 4.98 Å². The van der Waals surface area contributed by atoms with Crippen LogP contribution in [0.25, 0.3) is 0 Å². The first-order valence-corrected chi connectivity index (χ1v) is 7.14. The Bertz CT molecular complexity index is 475. The highest BCUT2D eigenvalue weighted by molar-refractivity contribution is 5.72. The number of carboxylic acids is 1. The number of hydrogen-bond acceptors (Lipinski definition) is 3. The SMILES string of the molecule is CN1CCC(c2cn3c(n2)CCCC3C(=O)O)CC1. The van der Waals surface area contributed by atoms with Crippen molar-refractivity contribution >= 4 is 5.97 Å². The molecule has 0 aromatic carbocycles. The van der Waals surface area contributed by atoms with Gasteiger partial charge in [0.2, 0.25) is 0 Å². The van der Waals surface area contributed by atoms with Crippen LogP contribution < -0.4 is 0 Å². The highest BCUT2D eigenvalue weighted by Crippen LogP contribution is 2.31. The third-order valence-corrected chi connectivity index (χ3v) is 4.46. The van der Waals surface area contributed by atoms with Crippen molar-refractivity contribution in [2.45, 2.75) is 44.1 Å². The molecule has 0 amide bonds. The van der Waals surface area contributed by atoms with Gasteiger partial charge in [0, 0.05) is 18.5 Å². The van der Waals surface area contributed by atoms with Gasteiger partial charge in [-0.3, -0.25) is 0 Å². The zero-order valence-corrected chi connectivity index (χ0v) is 11.4. The molecule has 1 fully saturated rings. The summed E-state index contributed by atoms with van der Waals surface area (Å²) in [7, 11) is 2.15. The lowest BCUT2D eigenvalue weighted by atomic mass is 9.94. The number of carbonyl (C=O) groups is 1. The third-order valence-electron chi connectivity index (χ3n) is 4.46.